The number of anilines is 1. The number of nitrogen functional groups attached to an aromatic ring is 1. The highest BCUT2D eigenvalue weighted by Crippen LogP contribution is 2.14. The van der Waals surface area contributed by atoms with Crippen molar-refractivity contribution in [3.05, 3.63) is 22.4 Å². The lowest BCUT2D eigenvalue weighted by molar-refractivity contribution is 0.213. The van der Waals surface area contributed by atoms with Gasteiger partial charge in [0.2, 0.25) is 5.95 Å². The van der Waals surface area contributed by atoms with Crippen LogP contribution >= 0.6 is 11.3 Å². The van der Waals surface area contributed by atoms with Gasteiger partial charge in [0.1, 0.15) is 0 Å². The van der Waals surface area contributed by atoms with E-state index in [9.17, 15) is 0 Å². The molecule has 0 atom stereocenters. The Morgan fingerprint density at radius 1 is 1.30 bits per heavy atom. The van der Waals surface area contributed by atoms with E-state index in [0.717, 1.165) is 6.42 Å². The fourth-order valence-corrected chi connectivity index (χ4v) is 2.12. The molecule has 2 aromatic rings. The minimum absolute atomic E-state index is 0.0398. The summed E-state index contributed by atoms with van der Waals surface area (Å²) in [5, 5.41) is 2.03. The van der Waals surface area contributed by atoms with Crippen molar-refractivity contribution in [3.8, 4) is 12.0 Å². The summed E-state index contributed by atoms with van der Waals surface area (Å²) in [5.74, 6) is 5.52. The Bertz CT molecular complexity index is 533. The predicted octanol–water partition coefficient (Wildman–Crippen LogP) is 1.63. The van der Waals surface area contributed by atoms with Gasteiger partial charge in [-0.3, -0.25) is 5.43 Å². The molecular weight excluding hydrogens is 278 g/mol. The topological polar surface area (TPSA) is 95.2 Å². The summed E-state index contributed by atoms with van der Waals surface area (Å²) in [4.78, 5) is 13.3. The normalized spacial score (nSPS) is 10.6. The molecular formula is C12H17N5O2S. The maximum Gasteiger partial charge on any atom is 0.324 e. The van der Waals surface area contributed by atoms with E-state index in [1.54, 1.807) is 11.3 Å². The van der Waals surface area contributed by atoms with Crippen LogP contribution in [0.25, 0.3) is 0 Å². The van der Waals surface area contributed by atoms with Crippen LogP contribution in [0.3, 0.4) is 0 Å². The quantitative estimate of drug-likeness (QED) is 0.592. The molecule has 2 rings (SSSR count). The monoisotopic (exact) mass is 295 g/mol. The van der Waals surface area contributed by atoms with Crippen LogP contribution in [0.1, 0.15) is 18.7 Å². The molecule has 0 aliphatic heterocycles. The first kappa shape index (κ1) is 14.5. The van der Waals surface area contributed by atoms with Gasteiger partial charge in [-0.15, -0.1) is 16.3 Å². The molecule has 0 aromatic carbocycles. The van der Waals surface area contributed by atoms with Crippen LogP contribution in [0.15, 0.2) is 17.5 Å². The minimum atomic E-state index is -0.0398. The number of hydrazine groups is 1. The maximum atomic E-state index is 5.51. The summed E-state index contributed by atoms with van der Waals surface area (Å²) in [6.07, 6.45) is 0.761. The molecule has 0 fully saturated rings. The van der Waals surface area contributed by atoms with Crippen molar-refractivity contribution in [2.75, 3.05) is 12.0 Å². The van der Waals surface area contributed by atoms with Gasteiger partial charge in [0.05, 0.1) is 12.7 Å². The first-order valence-electron chi connectivity index (χ1n) is 6.22. The maximum absolute atomic E-state index is 5.51. The van der Waals surface area contributed by atoms with Gasteiger partial charge >= 0.3 is 12.0 Å². The Morgan fingerprint density at radius 3 is 2.75 bits per heavy atom. The largest absolute Gasteiger partial charge is 0.463 e. The molecule has 0 aliphatic carbocycles. The first-order chi connectivity index (χ1) is 9.67. The Balaban J connectivity index is 1.98. The van der Waals surface area contributed by atoms with Gasteiger partial charge in [-0.05, 0) is 25.3 Å². The van der Waals surface area contributed by atoms with Crippen LogP contribution < -0.4 is 20.7 Å². The van der Waals surface area contributed by atoms with Crippen LogP contribution in [0.4, 0.5) is 5.95 Å². The summed E-state index contributed by atoms with van der Waals surface area (Å²) in [5.41, 5.74) is 2.36. The lowest BCUT2D eigenvalue weighted by atomic mass is 10.4. The SMILES string of the molecule is CC(C)Oc1nc(NN)nc(OCCc2cccs2)n1. The Morgan fingerprint density at radius 2 is 2.10 bits per heavy atom. The van der Waals surface area contributed by atoms with E-state index in [0.29, 0.717) is 6.61 Å². The number of ether oxygens (including phenoxy) is 2. The van der Waals surface area contributed by atoms with Gasteiger partial charge in [0.25, 0.3) is 0 Å². The van der Waals surface area contributed by atoms with E-state index < -0.39 is 0 Å². The molecule has 8 heteroatoms. The van der Waals surface area contributed by atoms with Crippen molar-refractivity contribution in [3.63, 3.8) is 0 Å². The van der Waals surface area contributed by atoms with Gasteiger partial charge < -0.3 is 9.47 Å². The van der Waals surface area contributed by atoms with Crippen LogP contribution in [0.5, 0.6) is 12.0 Å². The highest BCUT2D eigenvalue weighted by Gasteiger charge is 2.09. The van der Waals surface area contributed by atoms with E-state index in [4.69, 9.17) is 15.3 Å². The van der Waals surface area contributed by atoms with E-state index in [1.807, 2.05) is 25.3 Å². The molecule has 2 aromatic heterocycles. The van der Waals surface area contributed by atoms with Crippen molar-refractivity contribution in [1.29, 1.82) is 0 Å². The third-order valence-corrected chi connectivity index (χ3v) is 3.16. The van der Waals surface area contributed by atoms with Crippen molar-refractivity contribution in [1.82, 2.24) is 15.0 Å². The molecule has 0 unspecified atom stereocenters. The summed E-state index contributed by atoms with van der Waals surface area (Å²) < 4.78 is 10.9. The van der Waals surface area contributed by atoms with Crippen molar-refractivity contribution in [2.24, 2.45) is 5.84 Å². The number of rotatable bonds is 7. The number of hydrogen-bond donors (Lipinski definition) is 2. The first-order valence-corrected chi connectivity index (χ1v) is 7.10. The van der Waals surface area contributed by atoms with Gasteiger partial charge in [0, 0.05) is 11.3 Å². The molecule has 0 amide bonds. The average Bonchev–Trinajstić information content (AvgIpc) is 2.91. The van der Waals surface area contributed by atoms with E-state index in [-0.39, 0.29) is 24.1 Å². The van der Waals surface area contributed by atoms with E-state index >= 15 is 0 Å². The molecule has 0 radical (unpaired) electrons. The van der Waals surface area contributed by atoms with Gasteiger partial charge in [0.15, 0.2) is 0 Å². The van der Waals surface area contributed by atoms with Crippen LogP contribution in [-0.4, -0.2) is 27.7 Å². The van der Waals surface area contributed by atoms with Crippen LogP contribution in [-0.2, 0) is 6.42 Å². The number of nitrogens with two attached hydrogens (primary N) is 1. The lowest BCUT2D eigenvalue weighted by Gasteiger charge is -2.10. The highest BCUT2D eigenvalue weighted by molar-refractivity contribution is 7.09. The smallest absolute Gasteiger partial charge is 0.324 e. The van der Waals surface area contributed by atoms with E-state index in [2.05, 4.69) is 26.4 Å². The molecule has 3 N–H and O–H groups in total. The molecule has 7 nitrogen and oxygen atoms in total. The molecule has 20 heavy (non-hydrogen) atoms. The Kier molecular flexibility index (Phi) is 5.08. The summed E-state index contributed by atoms with van der Waals surface area (Å²) in [6.45, 7) is 4.25. The van der Waals surface area contributed by atoms with Crippen LogP contribution in [0.2, 0.25) is 0 Å². The highest BCUT2D eigenvalue weighted by atomic mass is 32.1. The van der Waals surface area contributed by atoms with Gasteiger partial charge in [-0.2, -0.15) is 9.97 Å². The molecule has 0 spiro atoms. The van der Waals surface area contributed by atoms with Gasteiger partial charge in [-0.1, -0.05) is 6.07 Å². The third kappa shape index (κ3) is 4.32. The standard InChI is InChI=1S/C12H17N5O2S/c1-8(2)19-12-15-10(17-13)14-11(16-12)18-6-5-9-4-3-7-20-9/h3-4,7-8H,5-6,13H2,1-2H3,(H,14,15,16,17). The van der Waals surface area contributed by atoms with Crippen molar-refractivity contribution < 1.29 is 9.47 Å². The molecule has 0 saturated carbocycles. The zero-order valence-corrected chi connectivity index (χ0v) is 12.2. The molecule has 108 valence electrons. The lowest BCUT2D eigenvalue weighted by Crippen LogP contribution is -2.15. The summed E-state index contributed by atoms with van der Waals surface area (Å²) >= 11 is 1.69. The predicted molar refractivity (Wildman–Crippen MR) is 76.9 cm³/mol. The molecule has 0 bridgehead atoms. The second-order valence-corrected chi connectivity index (χ2v) is 5.25. The second-order valence-electron chi connectivity index (χ2n) is 4.21. The molecule has 2 heterocycles. The van der Waals surface area contributed by atoms with Gasteiger partial charge in [-0.25, -0.2) is 5.84 Å². The summed E-state index contributed by atoms with van der Waals surface area (Å²) in [6, 6.07) is 4.45. The van der Waals surface area contributed by atoms with Crippen molar-refractivity contribution in [2.45, 2.75) is 26.4 Å². The van der Waals surface area contributed by atoms with E-state index in [1.165, 1.54) is 4.88 Å². The minimum Gasteiger partial charge on any atom is -0.463 e. The van der Waals surface area contributed by atoms with Crippen molar-refractivity contribution >= 4 is 17.3 Å². The number of thiophene rings is 1. The fraction of sp³-hybridized carbons (Fsp3) is 0.417. The number of hydrogen-bond acceptors (Lipinski definition) is 8. The second kappa shape index (κ2) is 7.01. The Hall–Kier alpha value is -1.93. The van der Waals surface area contributed by atoms with Crippen LogP contribution in [0, 0.1) is 0 Å². The zero-order valence-electron chi connectivity index (χ0n) is 11.4. The summed E-state index contributed by atoms with van der Waals surface area (Å²) in [7, 11) is 0. The molecule has 0 aliphatic rings. The Labute approximate surface area is 121 Å². The number of nitrogens with one attached hydrogen (secondary N) is 1. The fourth-order valence-electron chi connectivity index (χ4n) is 1.43. The average molecular weight is 295 g/mol. The number of aromatic nitrogens is 3. The third-order valence-electron chi connectivity index (χ3n) is 2.22. The molecule has 0 saturated heterocycles. The zero-order chi connectivity index (χ0) is 14.4. The number of nitrogens with zero attached hydrogens (tertiary/aromatic N) is 3.